The van der Waals surface area contributed by atoms with E-state index in [-0.39, 0.29) is 0 Å². The Morgan fingerprint density at radius 2 is 2.08 bits per heavy atom. The third-order valence-electron chi connectivity index (χ3n) is 0.886. The van der Waals surface area contributed by atoms with Crippen molar-refractivity contribution >= 4 is 6.09 Å². The van der Waals surface area contributed by atoms with Crippen molar-refractivity contribution in [1.82, 2.24) is 5.32 Å². The minimum atomic E-state index is -4.45. The number of nitrogens with one attached hydrogen (secondary N) is 1. The number of amides is 1. The molecule has 0 saturated heterocycles. The van der Waals surface area contributed by atoms with Gasteiger partial charge in [-0.05, 0) is 6.42 Å². The van der Waals surface area contributed by atoms with Gasteiger partial charge in [-0.2, -0.15) is 13.2 Å². The first-order chi connectivity index (χ1) is 5.45. The van der Waals surface area contributed by atoms with Crippen LogP contribution >= 0.6 is 0 Å². The van der Waals surface area contributed by atoms with Crippen molar-refractivity contribution in [3.05, 3.63) is 0 Å². The van der Waals surface area contributed by atoms with Gasteiger partial charge in [-0.15, -0.1) is 0 Å². The summed E-state index contributed by atoms with van der Waals surface area (Å²) < 4.78 is 38.1. The highest BCUT2D eigenvalue weighted by molar-refractivity contribution is 5.67. The molecule has 0 aliphatic carbocycles. The second kappa shape index (κ2) is 4.84. The Morgan fingerprint density at radius 3 is 2.50 bits per heavy atom. The van der Waals surface area contributed by atoms with Crippen LogP contribution in [0.1, 0.15) is 13.3 Å². The number of carbonyl (C=O) groups is 1. The Morgan fingerprint density at radius 1 is 1.50 bits per heavy atom. The Kier molecular flexibility index (Phi) is 4.46. The lowest BCUT2D eigenvalue weighted by Gasteiger charge is -2.07. The van der Waals surface area contributed by atoms with Crippen LogP contribution in [-0.4, -0.2) is 25.4 Å². The summed E-state index contributed by atoms with van der Waals surface area (Å²) in [5.41, 5.74) is 0. The standard InChI is InChI=1S/C6H10F3NO2/c1-2-3-10-5(11)12-4-6(7,8)9/h2-4H2,1H3,(H,10,11). The number of ether oxygens (including phenoxy) is 1. The molecular formula is C6H10F3NO2. The molecule has 1 N–H and O–H groups in total. The van der Waals surface area contributed by atoms with Crippen molar-refractivity contribution in [3.8, 4) is 0 Å². The van der Waals surface area contributed by atoms with Gasteiger partial charge in [0.15, 0.2) is 6.61 Å². The van der Waals surface area contributed by atoms with Gasteiger partial charge >= 0.3 is 12.3 Å². The van der Waals surface area contributed by atoms with Crippen LogP contribution in [0.4, 0.5) is 18.0 Å². The molecule has 0 saturated carbocycles. The average Bonchev–Trinajstić information content (AvgIpc) is 1.95. The predicted molar refractivity (Wildman–Crippen MR) is 35.7 cm³/mol. The van der Waals surface area contributed by atoms with Gasteiger partial charge in [-0.25, -0.2) is 4.79 Å². The minimum absolute atomic E-state index is 0.316. The summed E-state index contributed by atoms with van der Waals surface area (Å²) in [7, 11) is 0. The van der Waals surface area contributed by atoms with E-state index in [4.69, 9.17) is 0 Å². The molecule has 0 fully saturated rings. The monoisotopic (exact) mass is 185 g/mol. The fourth-order valence-corrected chi connectivity index (χ4v) is 0.425. The lowest BCUT2D eigenvalue weighted by Crippen LogP contribution is -2.29. The third kappa shape index (κ3) is 7.17. The zero-order valence-electron chi connectivity index (χ0n) is 6.57. The van der Waals surface area contributed by atoms with E-state index in [0.29, 0.717) is 13.0 Å². The van der Waals surface area contributed by atoms with E-state index >= 15 is 0 Å². The summed E-state index contributed by atoms with van der Waals surface area (Å²) in [6.07, 6.45) is -4.83. The van der Waals surface area contributed by atoms with E-state index in [1.165, 1.54) is 0 Å². The molecule has 0 atom stereocenters. The summed E-state index contributed by atoms with van der Waals surface area (Å²) in [5.74, 6) is 0. The lowest BCUT2D eigenvalue weighted by molar-refractivity contribution is -0.160. The van der Waals surface area contributed by atoms with E-state index in [1.54, 1.807) is 6.92 Å². The number of halogens is 3. The maximum absolute atomic E-state index is 11.4. The van der Waals surface area contributed by atoms with Gasteiger partial charge in [-0.3, -0.25) is 0 Å². The van der Waals surface area contributed by atoms with Crippen LogP contribution in [0.5, 0.6) is 0 Å². The molecule has 0 unspecified atom stereocenters. The highest BCUT2D eigenvalue weighted by Crippen LogP contribution is 2.14. The maximum atomic E-state index is 11.4. The van der Waals surface area contributed by atoms with Gasteiger partial charge in [0.1, 0.15) is 0 Å². The average molecular weight is 185 g/mol. The largest absolute Gasteiger partial charge is 0.440 e. The molecule has 0 aromatic heterocycles. The van der Waals surface area contributed by atoms with Crippen molar-refractivity contribution in [2.45, 2.75) is 19.5 Å². The summed E-state index contributed by atoms with van der Waals surface area (Å²) >= 11 is 0. The quantitative estimate of drug-likeness (QED) is 0.726. The van der Waals surface area contributed by atoms with Crippen LogP contribution in [0.25, 0.3) is 0 Å². The fraction of sp³-hybridized carbons (Fsp3) is 0.833. The van der Waals surface area contributed by atoms with Crippen LogP contribution in [0.3, 0.4) is 0 Å². The topological polar surface area (TPSA) is 38.3 Å². The van der Waals surface area contributed by atoms with Crippen LogP contribution in [0.2, 0.25) is 0 Å². The molecule has 0 radical (unpaired) electrons. The highest BCUT2D eigenvalue weighted by atomic mass is 19.4. The van der Waals surface area contributed by atoms with Gasteiger partial charge < -0.3 is 10.1 Å². The molecule has 0 rings (SSSR count). The normalized spacial score (nSPS) is 11.0. The van der Waals surface area contributed by atoms with Gasteiger partial charge in [0.05, 0.1) is 0 Å². The molecule has 0 aliphatic heterocycles. The molecular weight excluding hydrogens is 175 g/mol. The lowest BCUT2D eigenvalue weighted by atomic mass is 10.5. The first kappa shape index (κ1) is 11.1. The fourth-order valence-electron chi connectivity index (χ4n) is 0.425. The van der Waals surface area contributed by atoms with E-state index in [1.807, 2.05) is 0 Å². The molecule has 0 bridgehead atoms. The van der Waals surface area contributed by atoms with Crippen LogP contribution in [-0.2, 0) is 4.74 Å². The summed E-state index contributed by atoms with van der Waals surface area (Å²) in [6, 6.07) is 0. The van der Waals surface area contributed by atoms with Gasteiger partial charge in [0.2, 0.25) is 0 Å². The van der Waals surface area contributed by atoms with Crippen LogP contribution in [0, 0.1) is 0 Å². The number of alkyl carbamates (subject to hydrolysis) is 1. The molecule has 6 heteroatoms. The summed E-state index contributed by atoms with van der Waals surface area (Å²) in [6.45, 7) is 0.559. The van der Waals surface area contributed by atoms with E-state index in [9.17, 15) is 18.0 Å². The van der Waals surface area contributed by atoms with Crippen molar-refractivity contribution in [2.24, 2.45) is 0 Å². The molecule has 0 spiro atoms. The molecule has 3 nitrogen and oxygen atoms in total. The number of carbonyl (C=O) groups excluding carboxylic acids is 1. The Labute approximate surface area is 67.9 Å². The molecule has 12 heavy (non-hydrogen) atoms. The van der Waals surface area contributed by atoms with E-state index in [2.05, 4.69) is 10.1 Å². The SMILES string of the molecule is CCCNC(=O)OCC(F)(F)F. The van der Waals surface area contributed by atoms with Crippen molar-refractivity contribution < 1.29 is 22.7 Å². The second-order valence-electron chi connectivity index (χ2n) is 2.12. The van der Waals surface area contributed by atoms with Gasteiger partial charge in [0.25, 0.3) is 0 Å². The summed E-state index contributed by atoms with van der Waals surface area (Å²) in [5, 5.41) is 2.14. The van der Waals surface area contributed by atoms with Crippen molar-refractivity contribution in [1.29, 1.82) is 0 Å². The molecule has 0 heterocycles. The number of alkyl halides is 3. The highest BCUT2D eigenvalue weighted by Gasteiger charge is 2.29. The Bertz CT molecular complexity index is 146. The molecule has 0 aliphatic rings. The maximum Gasteiger partial charge on any atom is 0.422 e. The minimum Gasteiger partial charge on any atom is -0.440 e. The molecule has 0 aromatic rings. The second-order valence-corrected chi connectivity index (χ2v) is 2.12. The van der Waals surface area contributed by atoms with E-state index in [0.717, 1.165) is 0 Å². The Hall–Kier alpha value is -0.940. The number of hydrogen-bond acceptors (Lipinski definition) is 2. The molecule has 0 aromatic carbocycles. The predicted octanol–water partition coefficient (Wildman–Crippen LogP) is 1.68. The summed E-state index contributed by atoms with van der Waals surface area (Å²) in [4.78, 5) is 10.4. The van der Waals surface area contributed by atoms with Crippen LogP contribution in [0.15, 0.2) is 0 Å². The van der Waals surface area contributed by atoms with Crippen molar-refractivity contribution in [3.63, 3.8) is 0 Å². The van der Waals surface area contributed by atoms with Gasteiger partial charge in [0, 0.05) is 6.54 Å². The van der Waals surface area contributed by atoms with E-state index < -0.39 is 18.9 Å². The first-order valence-electron chi connectivity index (χ1n) is 3.43. The van der Waals surface area contributed by atoms with Crippen LogP contribution < -0.4 is 5.32 Å². The first-order valence-corrected chi connectivity index (χ1v) is 3.43. The number of rotatable bonds is 3. The zero-order chi connectivity index (χ0) is 9.61. The number of hydrogen-bond donors (Lipinski definition) is 1. The molecule has 1 amide bonds. The third-order valence-corrected chi connectivity index (χ3v) is 0.886. The van der Waals surface area contributed by atoms with Crippen molar-refractivity contribution in [2.75, 3.05) is 13.2 Å². The smallest absolute Gasteiger partial charge is 0.422 e. The Balaban J connectivity index is 3.44. The van der Waals surface area contributed by atoms with Gasteiger partial charge in [-0.1, -0.05) is 6.92 Å². The molecule has 72 valence electrons. The zero-order valence-corrected chi connectivity index (χ0v) is 6.57.